The second kappa shape index (κ2) is 9.23. The van der Waals surface area contributed by atoms with Crippen LogP contribution in [0.1, 0.15) is 15.9 Å². The summed E-state index contributed by atoms with van der Waals surface area (Å²) in [4.78, 5) is 22.8. The number of nitro benzene ring substituents is 1. The van der Waals surface area contributed by atoms with Gasteiger partial charge in [0.05, 0.1) is 27.4 Å². The second-order valence-electron chi connectivity index (χ2n) is 6.70. The van der Waals surface area contributed by atoms with Crippen LogP contribution in [-0.2, 0) is 0 Å². The molecule has 9 heteroatoms. The van der Waals surface area contributed by atoms with Crippen LogP contribution >= 0.6 is 11.6 Å². The minimum absolute atomic E-state index is 0.00624. The number of carbonyl (C=O) groups is 1. The van der Waals surface area contributed by atoms with Crippen LogP contribution < -0.4 is 5.43 Å². The molecule has 4 aromatic rings. The largest absolute Gasteiger partial charge is 0.272 e. The predicted octanol–water partition coefficient (Wildman–Crippen LogP) is 4.86. The molecule has 0 aliphatic rings. The molecule has 3 aromatic carbocycles. The van der Waals surface area contributed by atoms with Gasteiger partial charge in [-0.3, -0.25) is 14.9 Å². The van der Waals surface area contributed by atoms with Crippen molar-refractivity contribution in [2.75, 3.05) is 0 Å². The van der Waals surface area contributed by atoms with Gasteiger partial charge >= 0.3 is 0 Å². The number of rotatable bonds is 6. The summed E-state index contributed by atoms with van der Waals surface area (Å²) in [6.07, 6.45) is 3.22. The quantitative estimate of drug-likeness (QED) is 0.260. The molecule has 0 radical (unpaired) electrons. The predicted molar refractivity (Wildman–Crippen MR) is 122 cm³/mol. The van der Waals surface area contributed by atoms with Crippen molar-refractivity contribution in [3.63, 3.8) is 0 Å². The highest BCUT2D eigenvalue weighted by atomic mass is 35.5. The van der Waals surface area contributed by atoms with Crippen LogP contribution in [0.2, 0.25) is 5.02 Å². The second-order valence-corrected chi connectivity index (χ2v) is 7.10. The summed E-state index contributed by atoms with van der Waals surface area (Å²) < 4.78 is 1.60. The van der Waals surface area contributed by atoms with E-state index < -0.39 is 10.8 Å². The van der Waals surface area contributed by atoms with Crippen molar-refractivity contribution < 1.29 is 9.72 Å². The van der Waals surface area contributed by atoms with Crippen molar-refractivity contribution in [1.82, 2.24) is 15.2 Å². The molecule has 1 heterocycles. The average Bonchev–Trinajstić information content (AvgIpc) is 3.24. The fraction of sp³-hybridized carbons (Fsp3) is 0. The normalized spacial score (nSPS) is 10.9. The van der Waals surface area contributed by atoms with E-state index >= 15 is 0 Å². The summed E-state index contributed by atoms with van der Waals surface area (Å²) in [6.45, 7) is 0. The maximum Gasteiger partial charge on any atom is 0.272 e. The number of hydrogen-bond donors (Lipinski definition) is 1. The minimum atomic E-state index is -0.456. The fourth-order valence-electron chi connectivity index (χ4n) is 3.03. The van der Waals surface area contributed by atoms with Crippen LogP contribution in [-0.4, -0.2) is 26.8 Å². The van der Waals surface area contributed by atoms with Gasteiger partial charge in [0, 0.05) is 29.5 Å². The lowest BCUT2D eigenvalue weighted by Crippen LogP contribution is -2.17. The summed E-state index contributed by atoms with van der Waals surface area (Å²) in [5.41, 5.74) is 5.57. The van der Waals surface area contributed by atoms with E-state index in [0.29, 0.717) is 27.5 Å². The van der Waals surface area contributed by atoms with Gasteiger partial charge in [0.25, 0.3) is 11.6 Å². The molecule has 0 bridgehead atoms. The molecular weight excluding hydrogens is 430 g/mol. The van der Waals surface area contributed by atoms with Gasteiger partial charge in [-0.05, 0) is 24.3 Å². The highest BCUT2D eigenvalue weighted by Gasteiger charge is 2.13. The highest BCUT2D eigenvalue weighted by Crippen LogP contribution is 2.23. The van der Waals surface area contributed by atoms with Crippen LogP contribution in [0.5, 0.6) is 0 Å². The SMILES string of the molecule is O=C(N/N=C/c1cn(-c2ccc([N+](=O)[O-])cc2)nc1-c1ccccc1)c1ccccc1Cl. The molecule has 32 heavy (non-hydrogen) atoms. The van der Waals surface area contributed by atoms with E-state index in [4.69, 9.17) is 11.6 Å². The van der Waals surface area contributed by atoms with Gasteiger partial charge in [-0.25, -0.2) is 10.1 Å². The fourth-order valence-corrected chi connectivity index (χ4v) is 3.25. The molecule has 0 atom stereocenters. The van der Waals surface area contributed by atoms with E-state index in [0.717, 1.165) is 5.56 Å². The zero-order valence-corrected chi connectivity index (χ0v) is 17.3. The first kappa shape index (κ1) is 21.0. The number of halogens is 1. The molecular formula is C23H16ClN5O3. The third-order valence-electron chi connectivity index (χ3n) is 4.60. The molecule has 0 saturated carbocycles. The Morgan fingerprint density at radius 3 is 2.41 bits per heavy atom. The van der Waals surface area contributed by atoms with Gasteiger partial charge in [0.1, 0.15) is 5.69 Å². The molecule has 1 amide bonds. The number of amides is 1. The summed E-state index contributed by atoms with van der Waals surface area (Å²) in [7, 11) is 0. The highest BCUT2D eigenvalue weighted by molar-refractivity contribution is 6.33. The lowest BCUT2D eigenvalue weighted by Gasteiger charge is -2.01. The van der Waals surface area contributed by atoms with Crippen LogP contribution in [0.4, 0.5) is 5.69 Å². The molecule has 0 fully saturated rings. The zero-order valence-electron chi connectivity index (χ0n) is 16.6. The third kappa shape index (κ3) is 4.55. The first-order valence-electron chi connectivity index (χ1n) is 9.51. The Kier molecular flexibility index (Phi) is 6.05. The van der Waals surface area contributed by atoms with Gasteiger partial charge < -0.3 is 0 Å². The van der Waals surface area contributed by atoms with Gasteiger partial charge in [-0.1, -0.05) is 54.1 Å². The van der Waals surface area contributed by atoms with Gasteiger partial charge in [0.15, 0.2) is 0 Å². The van der Waals surface area contributed by atoms with Crippen molar-refractivity contribution >= 4 is 29.4 Å². The smallest absolute Gasteiger partial charge is 0.267 e. The van der Waals surface area contributed by atoms with Crippen LogP contribution in [0.15, 0.2) is 90.2 Å². The lowest BCUT2D eigenvalue weighted by atomic mass is 10.1. The molecule has 0 aliphatic carbocycles. The first-order valence-corrected chi connectivity index (χ1v) is 9.88. The van der Waals surface area contributed by atoms with Crippen LogP contribution in [0.25, 0.3) is 16.9 Å². The Labute approximate surface area is 187 Å². The Bertz CT molecular complexity index is 1300. The third-order valence-corrected chi connectivity index (χ3v) is 4.93. The number of nitrogens with zero attached hydrogens (tertiary/aromatic N) is 4. The standard InChI is InChI=1S/C23H16ClN5O3/c24-21-9-5-4-8-20(21)23(30)26-25-14-17-15-28(18-10-12-19(13-11-18)29(31)32)27-22(17)16-6-2-1-3-7-16/h1-15H,(H,26,30)/b25-14+. The number of aromatic nitrogens is 2. The number of nitro groups is 1. The Morgan fingerprint density at radius 1 is 1.03 bits per heavy atom. The molecule has 158 valence electrons. The van der Waals surface area contributed by atoms with Crippen molar-refractivity contribution in [3.05, 3.63) is 111 Å². The molecule has 1 N–H and O–H groups in total. The molecule has 0 aliphatic heterocycles. The van der Waals surface area contributed by atoms with E-state index in [-0.39, 0.29) is 5.69 Å². The molecule has 0 saturated heterocycles. The average molecular weight is 446 g/mol. The number of non-ortho nitro benzene ring substituents is 1. The van der Waals surface area contributed by atoms with Crippen molar-refractivity contribution in [2.45, 2.75) is 0 Å². The maximum absolute atomic E-state index is 12.3. The molecule has 8 nitrogen and oxygen atoms in total. The van der Waals surface area contributed by atoms with Crippen LogP contribution in [0.3, 0.4) is 0 Å². The van der Waals surface area contributed by atoms with E-state index in [1.54, 1.807) is 47.3 Å². The maximum atomic E-state index is 12.3. The summed E-state index contributed by atoms with van der Waals surface area (Å²) >= 11 is 6.05. The van der Waals surface area contributed by atoms with E-state index in [1.807, 2.05) is 30.3 Å². The van der Waals surface area contributed by atoms with Crippen molar-refractivity contribution in [2.24, 2.45) is 5.10 Å². The Hall–Kier alpha value is -4.30. The van der Waals surface area contributed by atoms with Gasteiger partial charge in [0.2, 0.25) is 0 Å². The topological polar surface area (TPSA) is 102 Å². The lowest BCUT2D eigenvalue weighted by molar-refractivity contribution is -0.384. The first-order chi connectivity index (χ1) is 15.5. The molecule has 0 spiro atoms. The van der Waals surface area contributed by atoms with Crippen molar-refractivity contribution in [1.29, 1.82) is 0 Å². The number of carbonyl (C=O) groups excluding carboxylic acids is 1. The number of hydrogen-bond acceptors (Lipinski definition) is 5. The number of benzene rings is 3. The van der Waals surface area contributed by atoms with Gasteiger partial charge in [-0.15, -0.1) is 0 Å². The van der Waals surface area contributed by atoms with E-state index in [9.17, 15) is 14.9 Å². The number of nitrogens with one attached hydrogen (secondary N) is 1. The Morgan fingerprint density at radius 2 is 1.72 bits per heavy atom. The Balaban J connectivity index is 1.64. The zero-order chi connectivity index (χ0) is 22.5. The number of hydrazone groups is 1. The van der Waals surface area contributed by atoms with E-state index in [2.05, 4.69) is 15.6 Å². The summed E-state index contributed by atoms with van der Waals surface area (Å²) in [5.74, 6) is -0.434. The monoisotopic (exact) mass is 445 g/mol. The summed E-state index contributed by atoms with van der Waals surface area (Å²) in [5, 5.41) is 19.9. The molecule has 4 rings (SSSR count). The molecule has 1 aromatic heterocycles. The molecule has 0 unspecified atom stereocenters. The van der Waals surface area contributed by atoms with E-state index in [1.165, 1.54) is 18.3 Å². The van der Waals surface area contributed by atoms with Crippen molar-refractivity contribution in [3.8, 4) is 16.9 Å². The minimum Gasteiger partial charge on any atom is -0.267 e. The van der Waals surface area contributed by atoms with Crippen LogP contribution in [0, 0.1) is 10.1 Å². The van der Waals surface area contributed by atoms with Gasteiger partial charge in [-0.2, -0.15) is 10.2 Å². The summed E-state index contributed by atoms with van der Waals surface area (Å²) in [6, 6.07) is 22.2.